The molecule has 0 aromatic rings. The van der Waals surface area contributed by atoms with Crippen LogP contribution in [0.25, 0.3) is 0 Å². The minimum Gasteiger partial charge on any atom is -0.392 e. The van der Waals surface area contributed by atoms with Crippen LogP contribution in [0.2, 0.25) is 0 Å². The number of aliphatic hydroxyl groups is 2. The van der Waals surface area contributed by atoms with Crippen LogP contribution in [-0.4, -0.2) is 47.6 Å². The molecule has 24 heavy (non-hydrogen) atoms. The minimum atomic E-state index is -0.485. The Kier molecular flexibility index (Phi) is 16.2. The summed E-state index contributed by atoms with van der Waals surface area (Å²) in [5.41, 5.74) is 0. The summed E-state index contributed by atoms with van der Waals surface area (Å²) >= 11 is 0. The first-order chi connectivity index (χ1) is 11.5. The second kappa shape index (κ2) is 16.3. The topological polar surface area (TPSA) is 64.5 Å². The molecule has 0 saturated carbocycles. The van der Waals surface area contributed by atoms with Gasteiger partial charge in [0.1, 0.15) is 0 Å². The van der Waals surface area contributed by atoms with Crippen LogP contribution < -0.4 is 10.6 Å². The van der Waals surface area contributed by atoms with Gasteiger partial charge in [-0.25, -0.2) is 0 Å². The summed E-state index contributed by atoms with van der Waals surface area (Å²) in [5, 5.41) is 25.9. The largest absolute Gasteiger partial charge is 0.392 e. The Morgan fingerprint density at radius 1 is 0.750 bits per heavy atom. The van der Waals surface area contributed by atoms with Gasteiger partial charge in [0.05, 0.1) is 12.2 Å². The Morgan fingerprint density at radius 2 is 1.25 bits per heavy atom. The molecule has 4 N–H and O–H groups in total. The number of unbranched alkanes of at least 4 members (excludes halogenated alkanes) is 9. The maximum atomic E-state index is 9.84. The molecule has 0 rings (SSSR count). The van der Waals surface area contributed by atoms with Crippen LogP contribution in [0, 0.1) is 6.92 Å². The summed E-state index contributed by atoms with van der Waals surface area (Å²) in [6.45, 7) is 11.2. The number of rotatable bonds is 17. The van der Waals surface area contributed by atoms with Gasteiger partial charge < -0.3 is 20.8 Å². The van der Waals surface area contributed by atoms with Crippen LogP contribution in [0.15, 0.2) is 0 Å². The van der Waals surface area contributed by atoms with Gasteiger partial charge in [0.15, 0.2) is 0 Å². The van der Waals surface area contributed by atoms with Gasteiger partial charge in [0.2, 0.25) is 0 Å². The standard InChI is InChI=1S/C20H43N2O2/c1-5-6-7-8-9-10-11-12-13-14-15-21-20(19(4)24)16-22-17(2)18(3)23/h17-24H,2,5-16H2,1,3-4H3. The van der Waals surface area contributed by atoms with Gasteiger partial charge in [-0.2, -0.15) is 0 Å². The van der Waals surface area contributed by atoms with Crippen molar-refractivity contribution >= 4 is 0 Å². The highest BCUT2D eigenvalue weighted by Gasteiger charge is 2.16. The average Bonchev–Trinajstić information content (AvgIpc) is 2.54. The number of hydrogen-bond acceptors (Lipinski definition) is 4. The molecule has 1 radical (unpaired) electrons. The van der Waals surface area contributed by atoms with E-state index in [1.54, 1.807) is 13.8 Å². The first-order valence-corrected chi connectivity index (χ1v) is 10.1. The molecule has 0 saturated heterocycles. The zero-order chi connectivity index (χ0) is 18.2. The maximum Gasteiger partial charge on any atom is 0.0677 e. The molecule has 145 valence electrons. The molecule has 0 aromatic heterocycles. The fraction of sp³-hybridized carbons (Fsp3) is 0.950. The van der Waals surface area contributed by atoms with Crippen LogP contribution in [0.3, 0.4) is 0 Å². The summed E-state index contributed by atoms with van der Waals surface area (Å²) in [6.07, 6.45) is 12.5. The average molecular weight is 344 g/mol. The van der Waals surface area contributed by atoms with Crippen molar-refractivity contribution in [2.24, 2.45) is 0 Å². The van der Waals surface area contributed by atoms with Gasteiger partial charge in [-0.15, -0.1) is 0 Å². The fourth-order valence-electron chi connectivity index (χ4n) is 2.76. The number of aliphatic hydroxyl groups excluding tert-OH is 2. The summed E-state index contributed by atoms with van der Waals surface area (Å²) in [4.78, 5) is 0. The zero-order valence-corrected chi connectivity index (χ0v) is 16.4. The summed E-state index contributed by atoms with van der Waals surface area (Å²) in [5.74, 6) is 0. The normalized spacial score (nSPS) is 16.8. The first kappa shape index (κ1) is 23.8. The Morgan fingerprint density at radius 3 is 1.71 bits per heavy atom. The Balaban J connectivity index is 3.54. The molecule has 4 heteroatoms. The molecule has 0 amide bonds. The van der Waals surface area contributed by atoms with Crippen LogP contribution in [0.4, 0.5) is 0 Å². The third-order valence-electron chi connectivity index (χ3n) is 4.70. The van der Waals surface area contributed by atoms with E-state index in [0.717, 1.165) is 13.0 Å². The quantitative estimate of drug-likeness (QED) is 0.306. The highest BCUT2D eigenvalue weighted by molar-refractivity contribution is 4.81. The lowest BCUT2D eigenvalue weighted by Gasteiger charge is -2.25. The van der Waals surface area contributed by atoms with Crippen LogP contribution in [0.5, 0.6) is 0 Å². The van der Waals surface area contributed by atoms with Crippen molar-refractivity contribution in [2.45, 2.75) is 109 Å². The molecule has 4 unspecified atom stereocenters. The molecule has 0 spiro atoms. The zero-order valence-electron chi connectivity index (χ0n) is 16.4. The van der Waals surface area contributed by atoms with E-state index in [-0.39, 0.29) is 12.1 Å². The van der Waals surface area contributed by atoms with Gasteiger partial charge in [-0.05, 0) is 33.7 Å². The third-order valence-corrected chi connectivity index (χ3v) is 4.70. The lowest BCUT2D eigenvalue weighted by atomic mass is 10.1. The van der Waals surface area contributed by atoms with E-state index >= 15 is 0 Å². The van der Waals surface area contributed by atoms with E-state index in [2.05, 4.69) is 24.5 Å². The Hall–Kier alpha value is -0.160. The van der Waals surface area contributed by atoms with Crippen molar-refractivity contribution in [3.05, 3.63) is 6.92 Å². The second-order valence-corrected chi connectivity index (χ2v) is 7.24. The smallest absolute Gasteiger partial charge is 0.0677 e. The van der Waals surface area contributed by atoms with E-state index in [0.29, 0.717) is 6.54 Å². The summed E-state index contributed by atoms with van der Waals surface area (Å²) in [6, 6.07) is -0.197. The van der Waals surface area contributed by atoms with Gasteiger partial charge in [0, 0.05) is 18.6 Å². The molecule has 0 aromatic carbocycles. The van der Waals surface area contributed by atoms with E-state index < -0.39 is 12.2 Å². The number of hydrogen-bond donors (Lipinski definition) is 4. The van der Waals surface area contributed by atoms with E-state index in [1.807, 2.05) is 0 Å². The first-order valence-electron chi connectivity index (χ1n) is 10.1. The highest BCUT2D eigenvalue weighted by atomic mass is 16.3. The molecule has 0 aliphatic heterocycles. The van der Waals surface area contributed by atoms with Crippen molar-refractivity contribution in [1.82, 2.24) is 10.6 Å². The number of nitrogens with one attached hydrogen (secondary N) is 2. The SMILES string of the molecule is [CH2]C(NCC(NCCCCCCCCCCCC)C(C)O)C(C)O. The monoisotopic (exact) mass is 343 g/mol. The predicted octanol–water partition coefficient (Wildman–Crippen LogP) is 3.42. The van der Waals surface area contributed by atoms with E-state index in [9.17, 15) is 10.2 Å². The Labute approximate surface area is 150 Å². The summed E-state index contributed by atoms with van der Waals surface area (Å²) in [7, 11) is 0. The van der Waals surface area contributed by atoms with Gasteiger partial charge in [0.25, 0.3) is 0 Å². The molecule has 4 nitrogen and oxygen atoms in total. The fourth-order valence-corrected chi connectivity index (χ4v) is 2.76. The van der Waals surface area contributed by atoms with Crippen molar-refractivity contribution in [3.8, 4) is 0 Å². The van der Waals surface area contributed by atoms with E-state index in [4.69, 9.17) is 0 Å². The van der Waals surface area contributed by atoms with Crippen molar-refractivity contribution in [2.75, 3.05) is 13.1 Å². The maximum absolute atomic E-state index is 9.84. The third kappa shape index (κ3) is 14.2. The van der Waals surface area contributed by atoms with Crippen molar-refractivity contribution in [1.29, 1.82) is 0 Å². The Bertz CT molecular complexity index is 260. The molecule has 4 atom stereocenters. The molecule has 0 heterocycles. The van der Waals surface area contributed by atoms with Crippen LogP contribution >= 0.6 is 0 Å². The molecular formula is C20H43N2O2. The molecule has 0 aliphatic carbocycles. The van der Waals surface area contributed by atoms with Crippen LogP contribution in [-0.2, 0) is 0 Å². The molecule has 0 fully saturated rings. The van der Waals surface area contributed by atoms with Gasteiger partial charge >= 0.3 is 0 Å². The molecular weight excluding hydrogens is 300 g/mol. The van der Waals surface area contributed by atoms with Crippen molar-refractivity contribution < 1.29 is 10.2 Å². The van der Waals surface area contributed by atoms with E-state index in [1.165, 1.54) is 57.8 Å². The van der Waals surface area contributed by atoms with Gasteiger partial charge in [-0.1, -0.05) is 64.7 Å². The van der Waals surface area contributed by atoms with Crippen LogP contribution in [0.1, 0.15) is 85.0 Å². The second-order valence-electron chi connectivity index (χ2n) is 7.24. The molecule has 0 aliphatic rings. The summed E-state index contributed by atoms with van der Waals surface area (Å²) < 4.78 is 0. The molecule has 0 bridgehead atoms. The van der Waals surface area contributed by atoms with Gasteiger partial charge in [-0.3, -0.25) is 0 Å². The predicted molar refractivity (Wildman–Crippen MR) is 104 cm³/mol. The van der Waals surface area contributed by atoms with Crippen molar-refractivity contribution in [3.63, 3.8) is 0 Å². The minimum absolute atomic E-state index is 0.00608. The lowest BCUT2D eigenvalue weighted by molar-refractivity contribution is 0.128. The highest BCUT2D eigenvalue weighted by Crippen LogP contribution is 2.10. The lowest BCUT2D eigenvalue weighted by Crippen LogP contribution is -2.49.